The van der Waals surface area contributed by atoms with Crippen LogP contribution in [0.3, 0.4) is 0 Å². The van der Waals surface area contributed by atoms with Gasteiger partial charge in [-0.15, -0.1) is 0 Å². The summed E-state index contributed by atoms with van der Waals surface area (Å²) in [7, 11) is 1.35. The first-order chi connectivity index (χ1) is 8.47. The van der Waals surface area contributed by atoms with Crippen LogP contribution in [0, 0.1) is 11.8 Å². The predicted octanol–water partition coefficient (Wildman–Crippen LogP) is 2.52. The van der Waals surface area contributed by atoms with E-state index in [0.29, 0.717) is 0 Å². The van der Waals surface area contributed by atoms with Gasteiger partial charge in [0.05, 0.1) is 7.11 Å². The number of esters is 1. The van der Waals surface area contributed by atoms with Crippen LogP contribution in [-0.4, -0.2) is 25.0 Å². The van der Waals surface area contributed by atoms with Crippen LogP contribution < -0.4 is 5.32 Å². The van der Waals surface area contributed by atoms with E-state index in [1.807, 2.05) is 13.8 Å². The molecule has 1 atom stereocenters. The molecule has 0 saturated heterocycles. The molecule has 0 spiro atoms. The first-order valence-electron chi connectivity index (χ1n) is 6.86. The van der Waals surface area contributed by atoms with Crippen molar-refractivity contribution in [2.75, 3.05) is 7.11 Å². The van der Waals surface area contributed by atoms with Gasteiger partial charge in [-0.25, -0.2) is 4.79 Å². The SMILES string of the molecule is CCCC(CCC)C(=O)NC(C(=O)OC)C(C)C. The van der Waals surface area contributed by atoms with Crippen molar-refractivity contribution in [1.82, 2.24) is 5.32 Å². The number of rotatable bonds is 8. The Balaban J connectivity index is 4.59. The summed E-state index contributed by atoms with van der Waals surface area (Å²) in [5, 5.41) is 2.82. The van der Waals surface area contributed by atoms with E-state index in [2.05, 4.69) is 19.2 Å². The van der Waals surface area contributed by atoms with Gasteiger partial charge < -0.3 is 10.1 Å². The molecule has 18 heavy (non-hydrogen) atoms. The molecule has 0 aromatic carbocycles. The fraction of sp³-hybridized carbons (Fsp3) is 0.857. The molecule has 0 aliphatic heterocycles. The Morgan fingerprint density at radius 2 is 1.61 bits per heavy atom. The number of carbonyl (C=O) groups excluding carboxylic acids is 2. The molecular formula is C14H27NO3. The molecule has 0 saturated carbocycles. The van der Waals surface area contributed by atoms with Crippen molar-refractivity contribution in [2.24, 2.45) is 11.8 Å². The summed E-state index contributed by atoms with van der Waals surface area (Å²) >= 11 is 0. The van der Waals surface area contributed by atoms with Gasteiger partial charge in [0, 0.05) is 5.92 Å². The lowest BCUT2D eigenvalue weighted by atomic mass is 9.96. The highest BCUT2D eigenvalue weighted by atomic mass is 16.5. The number of amides is 1. The van der Waals surface area contributed by atoms with Crippen molar-refractivity contribution in [3.63, 3.8) is 0 Å². The monoisotopic (exact) mass is 257 g/mol. The highest BCUT2D eigenvalue weighted by Crippen LogP contribution is 2.15. The highest BCUT2D eigenvalue weighted by Gasteiger charge is 2.27. The summed E-state index contributed by atoms with van der Waals surface area (Å²) in [6, 6.07) is -0.543. The molecule has 106 valence electrons. The van der Waals surface area contributed by atoms with Crippen LogP contribution in [0.4, 0.5) is 0 Å². The van der Waals surface area contributed by atoms with Gasteiger partial charge in [-0.2, -0.15) is 0 Å². The zero-order valence-electron chi connectivity index (χ0n) is 12.3. The minimum Gasteiger partial charge on any atom is -0.467 e. The van der Waals surface area contributed by atoms with Crippen molar-refractivity contribution >= 4 is 11.9 Å². The van der Waals surface area contributed by atoms with Crippen molar-refractivity contribution < 1.29 is 14.3 Å². The Bertz CT molecular complexity index is 258. The van der Waals surface area contributed by atoms with E-state index in [9.17, 15) is 9.59 Å². The molecule has 1 N–H and O–H groups in total. The van der Waals surface area contributed by atoms with Gasteiger partial charge in [0.2, 0.25) is 5.91 Å². The summed E-state index contributed by atoms with van der Waals surface area (Å²) in [6.07, 6.45) is 3.68. The number of hydrogen-bond acceptors (Lipinski definition) is 3. The molecule has 0 aliphatic carbocycles. The van der Waals surface area contributed by atoms with E-state index in [1.54, 1.807) is 0 Å². The minimum absolute atomic E-state index is 0.00547. The second-order valence-electron chi connectivity index (χ2n) is 5.03. The molecule has 0 fully saturated rings. The van der Waals surface area contributed by atoms with Gasteiger partial charge >= 0.3 is 5.97 Å². The Morgan fingerprint density at radius 1 is 1.11 bits per heavy atom. The second-order valence-corrected chi connectivity index (χ2v) is 5.03. The Morgan fingerprint density at radius 3 is 1.94 bits per heavy atom. The van der Waals surface area contributed by atoms with E-state index in [0.717, 1.165) is 25.7 Å². The summed E-state index contributed by atoms with van der Waals surface area (Å²) in [5.74, 6) is -0.357. The van der Waals surface area contributed by atoms with E-state index < -0.39 is 6.04 Å². The summed E-state index contributed by atoms with van der Waals surface area (Å²) in [5.41, 5.74) is 0. The quantitative estimate of drug-likeness (QED) is 0.680. The van der Waals surface area contributed by atoms with Crippen molar-refractivity contribution in [3.8, 4) is 0 Å². The third-order valence-corrected chi connectivity index (χ3v) is 3.06. The third kappa shape index (κ3) is 5.52. The Kier molecular flexibility index (Phi) is 8.42. The van der Waals surface area contributed by atoms with Crippen LogP contribution in [0.15, 0.2) is 0 Å². The van der Waals surface area contributed by atoms with Crippen LogP contribution in [0.5, 0.6) is 0 Å². The molecule has 1 amide bonds. The number of hydrogen-bond donors (Lipinski definition) is 1. The topological polar surface area (TPSA) is 55.4 Å². The fourth-order valence-electron chi connectivity index (χ4n) is 2.00. The van der Waals surface area contributed by atoms with Gasteiger partial charge in [-0.05, 0) is 18.8 Å². The lowest BCUT2D eigenvalue weighted by Gasteiger charge is -2.23. The molecule has 0 aromatic rings. The van der Waals surface area contributed by atoms with Crippen molar-refractivity contribution in [3.05, 3.63) is 0 Å². The van der Waals surface area contributed by atoms with Gasteiger partial charge in [0.15, 0.2) is 0 Å². The van der Waals surface area contributed by atoms with Crippen LogP contribution in [0.2, 0.25) is 0 Å². The molecule has 0 rings (SSSR count). The van der Waals surface area contributed by atoms with Crippen LogP contribution in [0.1, 0.15) is 53.4 Å². The average molecular weight is 257 g/mol. The molecule has 0 aliphatic rings. The molecular weight excluding hydrogens is 230 g/mol. The average Bonchev–Trinajstić information content (AvgIpc) is 2.34. The molecule has 4 heteroatoms. The van der Waals surface area contributed by atoms with E-state index in [1.165, 1.54) is 7.11 Å². The molecule has 4 nitrogen and oxygen atoms in total. The molecule has 0 aromatic heterocycles. The third-order valence-electron chi connectivity index (χ3n) is 3.06. The van der Waals surface area contributed by atoms with Crippen molar-refractivity contribution in [2.45, 2.75) is 59.4 Å². The van der Waals surface area contributed by atoms with Crippen LogP contribution in [0.25, 0.3) is 0 Å². The van der Waals surface area contributed by atoms with E-state index in [4.69, 9.17) is 4.74 Å². The summed E-state index contributed by atoms with van der Waals surface area (Å²) in [4.78, 5) is 23.7. The maximum Gasteiger partial charge on any atom is 0.328 e. The summed E-state index contributed by atoms with van der Waals surface area (Å²) < 4.78 is 4.72. The maximum absolute atomic E-state index is 12.1. The molecule has 1 unspecified atom stereocenters. The molecule has 0 radical (unpaired) electrons. The van der Waals surface area contributed by atoms with Gasteiger partial charge in [0.1, 0.15) is 6.04 Å². The first kappa shape index (κ1) is 16.9. The Hall–Kier alpha value is -1.06. The van der Waals surface area contributed by atoms with Crippen LogP contribution in [-0.2, 0) is 14.3 Å². The number of ether oxygens (including phenoxy) is 1. The van der Waals surface area contributed by atoms with E-state index in [-0.39, 0.29) is 23.7 Å². The lowest BCUT2D eigenvalue weighted by Crippen LogP contribution is -2.47. The summed E-state index contributed by atoms with van der Waals surface area (Å²) in [6.45, 7) is 7.93. The largest absolute Gasteiger partial charge is 0.467 e. The zero-order valence-corrected chi connectivity index (χ0v) is 12.3. The normalized spacial score (nSPS) is 12.6. The van der Waals surface area contributed by atoms with Gasteiger partial charge in [-0.3, -0.25) is 4.79 Å². The first-order valence-corrected chi connectivity index (χ1v) is 6.86. The van der Waals surface area contributed by atoms with E-state index >= 15 is 0 Å². The van der Waals surface area contributed by atoms with Crippen molar-refractivity contribution in [1.29, 1.82) is 0 Å². The fourth-order valence-corrected chi connectivity index (χ4v) is 2.00. The standard InChI is InChI=1S/C14H27NO3/c1-6-8-11(9-7-2)13(16)15-12(10(3)4)14(17)18-5/h10-12H,6-9H2,1-5H3,(H,15,16). The Labute approximate surface area is 110 Å². The maximum atomic E-state index is 12.1. The zero-order chi connectivity index (χ0) is 14.1. The smallest absolute Gasteiger partial charge is 0.328 e. The molecule has 0 bridgehead atoms. The number of nitrogens with one attached hydrogen (secondary N) is 1. The number of carbonyl (C=O) groups is 2. The van der Waals surface area contributed by atoms with Crippen LogP contribution >= 0.6 is 0 Å². The van der Waals surface area contributed by atoms with Gasteiger partial charge in [-0.1, -0.05) is 40.5 Å². The van der Waals surface area contributed by atoms with Gasteiger partial charge in [0.25, 0.3) is 0 Å². The molecule has 0 heterocycles. The minimum atomic E-state index is -0.543. The lowest BCUT2D eigenvalue weighted by molar-refractivity contribution is -0.147. The highest BCUT2D eigenvalue weighted by molar-refractivity contribution is 5.85. The second kappa shape index (κ2) is 8.95. The number of methoxy groups -OCH3 is 1. The predicted molar refractivity (Wildman–Crippen MR) is 72.1 cm³/mol.